The standard InChI is InChI=1S/C15H14N3/c1-2-13-15(10-3-5-11(16)6-4-10)12-7-8-17-9-14(12)18-13/h3-9,18H,1-2,16H2. The molecular weight excluding hydrogens is 222 g/mol. The lowest BCUT2D eigenvalue weighted by molar-refractivity contribution is 1.17. The zero-order chi connectivity index (χ0) is 12.5. The molecule has 0 saturated carbocycles. The van der Waals surface area contributed by atoms with Crippen molar-refractivity contribution in [3.63, 3.8) is 0 Å². The summed E-state index contributed by atoms with van der Waals surface area (Å²) >= 11 is 0. The molecule has 3 aromatic rings. The smallest absolute Gasteiger partial charge is 0.0649 e. The first-order valence-corrected chi connectivity index (χ1v) is 5.89. The van der Waals surface area contributed by atoms with Crippen molar-refractivity contribution in [2.45, 2.75) is 6.42 Å². The second-order valence-electron chi connectivity index (χ2n) is 4.27. The van der Waals surface area contributed by atoms with E-state index in [0.29, 0.717) is 6.42 Å². The van der Waals surface area contributed by atoms with E-state index in [2.05, 4.69) is 16.9 Å². The van der Waals surface area contributed by atoms with Crippen LogP contribution in [0.3, 0.4) is 0 Å². The summed E-state index contributed by atoms with van der Waals surface area (Å²) in [4.78, 5) is 7.51. The van der Waals surface area contributed by atoms with Crippen LogP contribution in [-0.4, -0.2) is 9.97 Å². The molecule has 0 unspecified atom stereocenters. The summed E-state index contributed by atoms with van der Waals surface area (Å²) in [6.45, 7) is 3.98. The van der Waals surface area contributed by atoms with Gasteiger partial charge in [-0.15, -0.1) is 0 Å². The molecule has 0 aliphatic carbocycles. The average molecular weight is 236 g/mol. The zero-order valence-electron chi connectivity index (χ0n) is 9.98. The number of nitrogen functional groups attached to an aromatic ring is 1. The fraction of sp³-hybridized carbons (Fsp3) is 0.0667. The third-order valence-corrected chi connectivity index (χ3v) is 3.13. The highest BCUT2D eigenvalue weighted by atomic mass is 14.8. The zero-order valence-corrected chi connectivity index (χ0v) is 9.98. The predicted octanol–water partition coefficient (Wildman–Crippen LogP) is 3.19. The lowest BCUT2D eigenvalue weighted by Crippen LogP contribution is -1.87. The van der Waals surface area contributed by atoms with Crippen molar-refractivity contribution in [1.82, 2.24) is 9.97 Å². The highest BCUT2D eigenvalue weighted by molar-refractivity contribution is 5.97. The summed E-state index contributed by atoms with van der Waals surface area (Å²) in [6, 6.07) is 9.94. The van der Waals surface area contributed by atoms with Crippen LogP contribution >= 0.6 is 0 Å². The van der Waals surface area contributed by atoms with E-state index < -0.39 is 0 Å². The first-order valence-electron chi connectivity index (χ1n) is 5.89. The molecule has 0 amide bonds. The van der Waals surface area contributed by atoms with E-state index in [1.54, 1.807) is 0 Å². The van der Waals surface area contributed by atoms with Gasteiger partial charge in [-0.3, -0.25) is 4.98 Å². The van der Waals surface area contributed by atoms with Crippen molar-refractivity contribution in [2.75, 3.05) is 5.73 Å². The summed E-state index contributed by atoms with van der Waals surface area (Å²) in [5.74, 6) is 0. The number of aromatic amines is 1. The number of nitrogens with two attached hydrogens (primary N) is 1. The van der Waals surface area contributed by atoms with Crippen molar-refractivity contribution in [2.24, 2.45) is 0 Å². The van der Waals surface area contributed by atoms with E-state index in [1.165, 1.54) is 10.9 Å². The van der Waals surface area contributed by atoms with Gasteiger partial charge < -0.3 is 10.7 Å². The van der Waals surface area contributed by atoms with Gasteiger partial charge in [-0.05, 0) is 37.1 Å². The maximum absolute atomic E-state index is 5.73. The molecule has 0 bridgehead atoms. The molecule has 3 rings (SSSR count). The molecule has 3 nitrogen and oxygen atoms in total. The van der Waals surface area contributed by atoms with Gasteiger partial charge in [-0.1, -0.05) is 12.1 Å². The molecule has 0 aliphatic heterocycles. The molecule has 3 N–H and O–H groups in total. The van der Waals surface area contributed by atoms with Crippen molar-refractivity contribution in [3.05, 3.63) is 55.3 Å². The van der Waals surface area contributed by atoms with Crippen LogP contribution in [0.5, 0.6) is 0 Å². The number of hydrogen-bond donors (Lipinski definition) is 2. The summed E-state index contributed by atoms with van der Waals surface area (Å²) in [5.41, 5.74) is 11.0. The molecule has 0 spiro atoms. The summed E-state index contributed by atoms with van der Waals surface area (Å²) in [7, 11) is 0. The first-order chi connectivity index (χ1) is 8.79. The Balaban J connectivity index is 2.29. The molecule has 0 aliphatic rings. The largest absolute Gasteiger partial charge is 0.399 e. The SMILES string of the molecule is [CH2]Cc1[nH]c2cnccc2c1-c1ccc(N)cc1. The third-order valence-electron chi connectivity index (χ3n) is 3.13. The van der Waals surface area contributed by atoms with E-state index >= 15 is 0 Å². The maximum atomic E-state index is 5.73. The van der Waals surface area contributed by atoms with Crippen molar-refractivity contribution < 1.29 is 0 Å². The summed E-state index contributed by atoms with van der Waals surface area (Å²) in [5, 5.41) is 1.17. The molecule has 0 atom stereocenters. The van der Waals surface area contributed by atoms with Crippen LogP contribution < -0.4 is 5.73 Å². The second kappa shape index (κ2) is 4.18. The van der Waals surface area contributed by atoms with E-state index in [9.17, 15) is 0 Å². The lowest BCUT2D eigenvalue weighted by atomic mass is 10.0. The average Bonchev–Trinajstić information content (AvgIpc) is 2.78. The van der Waals surface area contributed by atoms with E-state index in [4.69, 9.17) is 5.73 Å². The Morgan fingerprint density at radius 2 is 1.94 bits per heavy atom. The molecule has 0 saturated heterocycles. The minimum Gasteiger partial charge on any atom is -0.399 e. The van der Waals surface area contributed by atoms with E-state index in [0.717, 1.165) is 22.5 Å². The Bertz CT molecular complexity index is 681. The number of aromatic nitrogens is 2. The van der Waals surface area contributed by atoms with Gasteiger partial charge in [0, 0.05) is 28.5 Å². The van der Waals surface area contributed by atoms with Gasteiger partial charge in [-0.2, -0.15) is 0 Å². The Kier molecular flexibility index (Phi) is 2.52. The van der Waals surface area contributed by atoms with Crippen molar-refractivity contribution in [1.29, 1.82) is 0 Å². The molecule has 2 aromatic heterocycles. The maximum Gasteiger partial charge on any atom is 0.0649 e. The van der Waals surface area contributed by atoms with Crippen LogP contribution in [0.25, 0.3) is 22.0 Å². The third kappa shape index (κ3) is 1.64. The number of nitrogens with zero attached hydrogens (tertiary/aromatic N) is 1. The van der Waals surface area contributed by atoms with Gasteiger partial charge in [0.1, 0.15) is 0 Å². The van der Waals surface area contributed by atoms with Crippen molar-refractivity contribution in [3.8, 4) is 11.1 Å². The Hall–Kier alpha value is -2.29. The van der Waals surface area contributed by atoms with Crippen LogP contribution in [0.2, 0.25) is 0 Å². The molecule has 89 valence electrons. The van der Waals surface area contributed by atoms with Crippen LogP contribution in [-0.2, 0) is 6.42 Å². The Morgan fingerprint density at radius 3 is 2.67 bits per heavy atom. The molecule has 18 heavy (non-hydrogen) atoms. The molecule has 2 heterocycles. The van der Waals surface area contributed by atoms with Crippen LogP contribution in [0.1, 0.15) is 5.69 Å². The highest BCUT2D eigenvalue weighted by Gasteiger charge is 2.11. The monoisotopic (exact) mass is 236 g/mol. The van der Waals surface area contributed by atoms with Gasteiger partial charge in [0.15, 0.2) is 0 Å². The van der Waals surface area contributed by atoms with E-state index in [-0.39, 0.29) is 0 Å². The Morgan fingerprint density at radius 1 is 1.17 bits per heavy atom. The summed E-state index contributed by atoms with van der Waals surface area (Å²) in [6.07, 6.45) is 4.37. The number of pyridine rings is 1. The highest BCUT2D eigenvalue weighted by Crippen LogP contribution is 2.32. The van der Waals surface area contributed by atoms with Gasteiger partial charge in [0.05, 0.1) is 11.7 Å². The van der Waals surface area contributed by atoms with Crippen LogP contribution in [0.4, 0.5) is 5.69 Å². The van der Waals surface area contributed by atoms with Crippen LogP contribution in [0.15, 0.2) is 42.7 Å². The fourth-order valence-corrected chi connectivity index (χ4v) is 2.27. The number of anilines is 1. The molecule has 1 aromatic carbocycles. The number of hydrogen-bond acceptors (Lipinski definition) is 2. The van der Waals surface area contributed by atoms with Crippen LogP contribution in [0, 0.1) is 6.92 Å². The van der Waals surface area contributed by atoms with Gasteiger partial charge in [-0.25, -0.2) is 0 Å². The van der Waals surface area contributed by atoms with E-state index in [1.807, 2.05) is 42.7 Å². The fourth-order valence-electron chi connectivity index (χ4n) is 2.27. The summed E-state index contributed by atoms with van der Waals surface area (Å²) < 4.78 is 0. The molecular formula is C15H14N3. The second-order valence-corrected chi connectivity index (χ2v) is 4.27. The van der Waals surface area contributed by atoms with Crippen molar-refractivity contribution >= 4 is 16.6 Å². The first kappa shape index (κ1) is 10.8. The number of nitrogens with one attached hydrogen (secondary N) is 1. The number of fused-ring (bicyclic) bond motifs is 1. The molecule has 1 radical (unpaired) electrons. The van der Waals surface area contributed by atoms with Gasteiger partial charge >= 0.3 is 0 Å². The number of rotatable bonds is 2. The minimum atomic E-state index is 0.717. The van der Waals surface area contributed by atoms with Gasteiger partial charge in [0.25, 0.3) is 0 Å². The quantitative estimate of drug-likeness (QED) is 0.671. The Labute approximate surface area is 106 Å². The minimum absolute atomic E-state index is 0.717. The normalized spacial score (nSPS) is 10.9. The lowest BCUT2D eigenvalue weighted by Gasteiger charge is -2.04. The number of benzene rings is 1. The molecule has 0 fully saturated rings. The molecule has 3 heteroatoms. The topological polar surface area (TPSA) is 54.7 Å². The predicted molar refractivity (Wildman–Crippen MR) is 75.0 cm³/mol. The number of H-pyrrole nitrogens is 1. The van der Waals surface area contributed by atoms with Gasteiger partial charge in [0.2, 0.25) is 0 Å².